The highest BCUT2D eigenvalue weighted by molar-refractivity contribution is 6.07. The van der Waals surface area contributed by atoms with Gasteiger partial charge in [-0.25, -0.2) is 13.8 Å². The van der Waals surface area contributed by atoms with E-state index in [4.69, 9.17) is 0 Å². The Labute approximate surface area is 121 Å². The van der Waals surface area contributed by atoms with Crippen LogP contribution in [0.5, 0.6) is 0 Å². The van der Waals surface area contributed by atoms with Crippen molar-refractivity contribution >= 4 is 17.4 Å². The van der Waals surface area contributed by atoms with Gasteiger partial charge in [-0.3, -0.25) is 4.79 Å². The number of aryl methyl sites for hydroxylation is 1. The number of carbonyl (C=O) groups is 1. The second-order valence-electron chi connectivity index (χ2n) is 4.52. The first-order valence-corrected chi connectivity index (χ1v) is 6.48. The van der Waals surface area contributed by atoms with Gasteiger partial charge in [0.05, 0.1) is 17.4 Å². The minimum atomic E-state index is -0.633. The standard InChI is InChI=1S/C15H15F2N3O/c1-3-18-14-11(7-10(16)8-19-14)15(21)20-13-6-9(2)4-5-12(13)17/h4-8H,3H2,1-2H3,(H,18,19)(H,20,21). The molecular weight excluding hydrogens is 276 g/mol. The van der Waals surface area contributed by atoms with Crippen LogP contribution in [-0.4, -0.2) is 17.4 Å². The number of hydrogen-bond acceptors (Lipinski definition) is 3. The van der Waals surface area contributed by atoms with Gasteiger partial charge in [0.2, 0.25) is 0 Å². The molecule has 1 amide bonds. The van der Waals surface area contributed by atoms with Crippen LogP contribution in [0, 0.1) is 18.6 Å². The Hall–Kier alpha value is -2.50. The molecule has 1 heterocycles. The Kier molecular flexibility index (Phi) is 4.47. The third-order valence-corrected chi connectivity index (χ3v) is 2.81. The molecule has 2 N–H and O–H groups in total. The summed E-state index contributed by atoms with van der Waals surface area (Å²) in [5.74, 6) is -1.55. The number of anilines is 2. The number of nitrogens with one attached hydrogen (secondary N) is 2. The van der Waals surface area contributed by atoms with E-state index in [-0.39, 0.29) is 17.1 Å². The summed E-state index contributed by atoms with van der Waals surface area (Å²) in [6.45, 7) is 4.13. The van der Waals surface area contributed by atoms with E-state index < -0.39 is 17.5 Å². The highest BCUT2D eigenvalue weighted by Crippen LogP contribution is 2.19. The zero-order valence-electron chi connectivity index (χ0n) is 11.7. The lowest BCUT2D eigenvalue weighted by atomic mass is 10.2. The molecule has 0 saturated carbocycles. The normalized spacial score (nSPS) is 10.3. The molecule has 0 aliphatic carbocycles. The van der Waals surface area contributed by atoms with Crippen LogP contribution in [0.25, 0.3) is 0 Å². The molecule has 4 nitrogen and oxygen atoms in total. The van der Waals surface area contributed by atoms with E-state index in [1.807, 2.05) is 6.92 Å². The topological polar surface area (TPSA) is 54.0 Å². The van der Waals surface area contributed by atoms with Crippen LogP contribution < -0.4 is 10.6 Å². The number of benzene rings is 1. The van der Waals surface area contributed by atoms with Crippen molar-refractivity contribution in [2.24, 2.45) is 0 Å². The number of amides is 1. The van der Waals surface area contributed by atoms with E-state index in [2.05, 4.69) is 15.6 Å². The smallest absolute Gasteiger partial charge is 0.259 e. The van der Waals surface area contributed by atoms with Crippen molar-refractivity contribution in [3.63, 3.8) is 0 Å². The van der Waals surface area contributed by atoms with Gasteiger partial charge in [-0.15, -0.1) is 0 Å². The van der Waals surface area contributed by atoms with Gasteiger partial charge < -0.3 is 10.6 Å². The third-order valence-electron chi connectivity index (χ3n) is 2.81. The summed E-state index contributed by atoms with van der Waals surface area (Å²) in [6.07, 6.45) is 1.02. The van der Waals surface area contributed by atoms with E-state index in [1.54, 1.807) is 13.0 Å². The average molecular weight is 291 g/mol. The van der Waals surface area contributed by atoms with E-state index in [0.29, 0.717) is 6.54 Å². The fourth-order valence-corrected chi connectivity index (χ4v) is 1.85. The van der Waals surface area contributed by atoms with Gasteiger partial charge >= 0.3 is 0 Å². The number of halogens is 2. The largest absolute Gasteiger partial charge is 0.370 e. The lowest BCUT2D eigenvalue weighted by molar-refractivity contribution is 0.102. The van der Waals surface area contributed by atoms with Crippen LogP contribution in [0.1, 0.15) is 22.8 Å². The summed E-state index contributed by atoms with van der Waals surface area (Å²) in [5, 5.41) is 5.30. The van der Waals surface area contributed by atoms with Gasteiger partial charge in [0.25, 0.3) is 5.91 Å². The minimum Gasteiger partial charge on any atom is -0.370 e. The molecule has 0 aliphatic rings. The molecule has 0 atom stereocenters. The number of rotatable bonds is 4. The zero-order chi connectivity index (χ0) is 15.4. The van der Waals surface area contributed by atoms with Crippen LogP contribution >= 0.6 is 0 Å². The van der Waals surface area contributed by atoms with Crippen molar-refractivity contribution in [2.45, 2.75) is 13.8 Å². The molecular formula is C15H15F2N3O. The Bertz CT molecular complexity index is 674. The lowest BCUT2D eigenvalue weighted by Crippen LogP contribution is -2.17. The molecule has 2 aromatic rings. The maximum atomic E-state index is 13.7. The molecule has 1 aromatic carbocycles. The second-order valence-corrected chi connectivity index (χ2v) is 4.52. The fourth-order valence-electron chi connectivity index (χ4n) is 1.85. The molecule has 0 saturated heterocycles. The van der Waals surface area contributed by atoms with Gasteiger partial charge in [-0.1, -0.05) is 6.07 Å². The monoisotopic (exact) mass is 291 g/mol. The van der Waals surface area contributed by atoms with Crippen molar-refractivity contribution in [3.8, 4) is 0 Å². The molecule has 1 aromatic heterocycles. The number of nitrogens with zero attached hydrogens (tertiary/aromatic N) is 1. The molecule has 2 rings (SSSR count). The quantitative estimate of drug-likeness (QED) is 0.908. The third kappa shape index (κ3) is 3.53. The SMILES string of the molecule is CCNc1ncc(F)cc1C(=O)Nc1cc(C)ccc1F. The summed E-state index contributed by atoms with van der Waals surface area (Å²) in [5.41, 5.74) is 0.875. The lowest BCUT2D eigenvalue weighted by Gasteiger charge is -2.11. The van der Waals surface area contributed by atoms with E-state index >= 15 is 0 Å². The predicted octanol–water partition coefficient (Wildman–Crippen LogP) is 3.35. The number of aromatic nitrogens is 1. The summed E-state index contributed by atoms with van der Waals surface area (Å²) in [4.78, 5) is 16.0. The number of hydrogen-bond donors (Lipinski definition) is 2. The molecule has 110 valence electrons. The average Bonchev–Trinajstić information content (AvgIpc) is 2.45. The minimum absolute atomic E-state index is 0.0257. The Balaban J connectivity index is 2.31. The summed E-state index contributed by atoms with van der Waals surface area (Å²) < 4.78 is 26.9. The van der Waals surface area contributed by atoms with Gasteiger partial charge in [-0.05, 0) is 37.6 Å². The Morgan fingerprint density at radius 1 is 1.29 bits per heavy atom. The summed E-state index contributed by atoms with van der Waals surface area (Å²) >= 11 is 0. The second kappa shape index (κ2) is 6.30. The summed E-state index contributed by atoms with van der Waals surface area (Å²) in [7, 11) is 0. The molecule has 0 bridgehead atoms. The first-order chi connectivity index (χ1) is 10.0. The Morgan fingerprint density at radius 3 is 2.76 bits per heavy atom. The molecule has 0 radical (unpaired) electrons. The molecule has 0 aliphatic heterocycles. The maximum Gasteiger partial charge on any atom is 0.259 e. The van der Waals surface area contributed by atoms with Crippen LogP contribution in [0.2, 0.25) is 0 Å². The van der Waals surface area contributed by atoms with Gasteiger partial charge in [-0.2, -0.15) is 0 Å². The van der Waals surface area contributed by atoms with Crippen molar-refractivity contribution in [3.05, 3.63) is 53.2 Å². The van der Waals surface area contributed by atoms with E-state index in [1.165, 1.54) is 12.1 Å². The zero-order valence-corrected chi connectivity index (χ0v) is 11.7. The van der Waals surface area contributed by atoms with Crippen molar-refractivity contribution < 1.29 is 13.6 Å². The van der Waals surface area contributed by atoms with Crippen molar-refractivity contribution in [1.82, 2.24) is 4.98 Å². The molecule has 21 heavy (non-hydrogen) atoms. The molecule has 0 fully saturated rings. The molecule has 0 unspecified atom stereocenters. The van der Waals surface area contributed by atoms with Crippen molar-refractivity contribution in [1.29, 1.82) is 0 Å². The number of carbonyl (C=O) groups excluding carboxylic acids is 1. The fraction of sp³-hybridized carbons (Fsp3) is 0.200. The van der Waals surface area contributed by atoms with Gasteiger partial charge in [0.1, 0.15) is 17.5 Å². The number of pyridine rings is 1. The highest BCUT2D eigenvalue weighted by atomic mass is 19.1. The first kappa shape index (κ1) is 14.9. The maximum absolute atomic E-state index is 13.7. The van der Waals surface area contributed by atoms with Crippen molar-refractivity contribution in [2.75, 3.05) is 17.2 Å². The summed E-state index contributed by atoms with van der Waals surface area (Å²) in [6, 6.07) is 5.43. The van der Waals surface area contributed by atoms with Crippen LogP contribution in [0.3, 0.4) is 0 Å². The first-order valence-electron chi connectivity index (χ1n) is 6.48. The van der Waals surface area contributed by atoms with Crippen LogP contribution in [0.15, 0.2) is 30.5 Å². The highest BCUT2D eigenvalue weighted by Gasteiger charge is 2.15. The predicted molar refractivity (Wildman–Crippen MR) is 77.4 cm³/mol. The Morgan fingerprint density at radius 2 is 2.05 bits per heavy atom. The van der Waals surface area contributed by atoms with Crippen LogP contribution in [-0.2, 0) is 0 Å². The molecule has 0 spiro atoms. The van der Waals surface area contributed by atoms with Gasteiger partial charge in [0, 0.05) is 6.54 Å². The van der Waals surface area contributed by atoms with E-state index in [0.717, 1.165) is 17.8 Å². The van der Waals surface area contributed by atoms with Gasteiger partial charge in [0.15, 0.2) is 0 Å². The molecule has 6 heteroatoms. The van der Waals surface area contributed by atoms with Crippen LogP contribution in [0.4, 0.5) is 20.3 Å². The van der Waals surface area contributed by atoms with E-state index in [9.17, 15) is 13.6 Å².